The topological polar surface area (TPSA) is 91.5 Å². The first-order valence-electron chi connectivity index (χ1n) is 10.2. The van der Waals surface area contributed by atoms with Gasteiger partial charge >= 0.3 is 5.97 Å². The SMILES string of the molecule is COC(=O)CCCC=C[C@@H]1C[C@@H](NS(=O)(=O)c2ccc(Cl)cc2)CN1Cc1ccc[nH]1. The average Bonchev–Trinajstić information content (AvgIpc) is 3.38. The Morgan fingerprint density at radius 1 is 1.32 bits per heavy atom. The number of aromatic amines is 1. The molecule has 9 heteroatoms. The Labute approximate surface area is 188 Å². The molecule has 0 aliphatic carbocycles. The van der Waals surface area contributed by atoms with Gasteiger partial charge in [0.05, 0.1) is 12.0 Å². The van der Waals surface area contributed by atoms with Gasteiger partial charge in [-0.1, -0.05) is 23.8 Å². The number of hydrogen-bond donors (Lipinski definition) is 2. The van der Waals surface area contributed by atoms with E-state index in [0.29, 0.717) is 31.0 Å². The van der Waals surface area contributed by atoms with Crippen LogP contribution in [0.4, 0.5) is 0 Å². The van der Waals surface area contributed by atoms with Gasteiger partial charge in [-0.2, -0.15) is 0 Å². The molecule has 2 N–H and O–H groups in total. The number of rotatable bonds is 10. The molecule has 1 aliphatic heterocycles. The molecule has 168 valence electrons. The summed E-state index contributed by atoms with van der Waals surface area (Å²) in [5.74, 6) is -0.209. The van der Waals surface area contributed by atoms with Crippen LogP contribution in [0.5, 0.6) is 0 Å². The molecule has 7 nitrogen and oxygen atoms in total. The third-order valence-electron chi connectivity index (χ3n) is 5.27. The number of H-pyrrole nitrogens is 1. The maximum Gasteiger partial charge on any atom is 0.305 e. The molecule has 0 saturated carbocycles. The minimum Gasteiger partial charge on any atom is -0.469 e. The summed E-state index contributed by atoms with van der Waals surface area (Å²) in [6.45, 7) is 1.30. The standard InChI is InChI=1S/C22H28ClN3O4S/c1-30-22(27)8-4-2-3-7-20-14-19(16-26(20)15-18-6-5-13-24-18)25-31(28,29)21-11-9-17(23)10-12-21/h3,5-7,9-13,19-20,24-25H,2,4,8,14-16H2,1H3/t19-,20-/m1/s1. The second kappa shape index (κ2) is 10.9. The Morgan fingerprint density at radius 2 is 2.10 bits per heavy atom. The molecule has 2 atom stereocenters. The quantitative estimate of drug-likeness (QED) is 0.318. The predicted molar refractivity (Wildman–Crippen MR) is 120 cm³/mol. The number of methoxy groups -OCH3 is 1. The largest absolute Gasteiger partial charge is 0.469 e. The summed E-state index contributed by atoms with van der Waals surface area (Å²) in [5.41, 5.74) is 1.07. The Kier molecular flexibility index (Phi) is 8.31. The summed E-state index contributed by atoms with van der Waals surface area (Å²) in [7, 11) is -2.24. The minimum atomic E-state index is -3.63. The van der Waals surface area contributed by atoms with Crippen LogP contribution in [0.15, 0.2) is 59.6 Å². The number of ether oxygens (including phenoxy) is 1. The second-order valence-corrected chi connectivity index (χ2v) is 9.75. The van der Waals surface area contributed by atoms with E-state index in [-0.39, 0.29) is 22.9 Å². The summed E-state index contributed by atoms with van der Waals surface area (Å²) >= 11 is 5.88. The lowest BCUT2D eigenvalue weighted by Crippen LogP contribution is -2.37. The van der Waals surface area contributed by atoms with E-state index in [1.54, 1.807) is 12.1 Å². The number of likely N-dealkylation sites (tertiary alicyclic amines) is 1. The van der Waals surface area contributed by atoms with E-state index >= 15 is 0 Å². The molecule has 1 aliphatic rings. The highest BCUT2D eigenvalue weighted by Crippen LogP contribution is 2.24. The van der Waals surface area contributed by atoms with Gasteiger partial charge in [-0.15, -0.1) is 0 Å². The molecule has 0 unspecified atom stereocenters. The van der Waals surface area contributed by atoms with Gasteiger partial charge in [0.15, 0.2) is 0 Å². The van der Waals surface area contributed by atoms with Crippen molar-refractivity contribution in [2.75, 3.05) is 13.7 Å². The van der Waals surface area contributed by atoms with E-state index in [0.717, 1.165) is 18.5 Å². The van der Waals surface area contributed by atoms with Gasteiger partial charge in [0, 0.05) is 48.5 Å². The number of halogens is 1. The maximum atomic E-state index is 12.8. The van der Waals surface area contributed by atoms with E-state index < -0.39 is 10.0 Å². The zero-order valence-corrected chi connectivity index (χ0v) is 19.0. The Bertz CT molecular complexity index is 975. The van der Waals surface area contributed by atoms with Crippen LogP contribution in [-0.2, 0) is 26.1 Å². The predicted octanol–water partition coefficient (Wildman–Crippen LogP) is 3.49. The van der Waals surface area contributed by atoms with Crippen LogP contribution in [-0.4, -0.2) is 50.0 Å². The number of nitrogens with zero attached hydrogens (tertiary/aromatic N) is 1. The fourth-order valence-electron chi connectivity index (χ4n) is 3.71. The third-order valence-corrected chi connectivity index (χ3v) is 7.06. The number of sulfonamides is 1. The van der Waals surface area contributed by atoms with Crippen LogP contribution in [0, 0.1) is 0 Å². The van der Waals surface area contributed by atoms with Crippen LogP contribution in [0.25, 0.3) is 0 Å². The molecule has 0 radical (unpaired) electrons. The summed E-state index contributed by atoms with van der Waals surface area (Å²) in [6, 6.07) is 10.0. The van der Waals surface area contributed by atoms with Gasteiger partial charge < -0.3 is 9.72 Å². The van der Waals surface area contributed by atoms with E-state index in [2.05, 4.69) is 31.5 Å². The number of carbonyl (C=O) groups excluding carboxylic acids is 1. The molecule has 3 rings (SSSR count). The number of esters is 1. The molecular weight excluding hydrogens is 438 g/mol. The average molecular weight is 466 g/mol. The Morgan fingerprint density at radius 3 is 2.77 bits per heavy atom. The molecule has 0 spiro atoms. The number of carbonyl (C=O) groups is 1. The first-order chi connectivity index (χ1) is 14.9. The molecule has 31 heavy (non-hydrogen) atoms. The molecule has 0 bridgehead atoms. The number of benzene rings is 1. The Balaban J connectivity index is 1.64. The number of allylic oxidation sites excluding steroid dienone is 1. The first kappa shape index (κ1) is 23.5. The van der Waals surface area contributed by atoms with E-state index in [9.17, 15) is 13.2 Å². The molecule has 1 fully saturated rings. The molecular formula is C22H28ClN3O4S. The zero-order chi connectivity index (χ0) is 22.3. The monoisotopic (exact) mass is 465 g/mol. The number of aromatic nitrogens is 1. The molecule has 2 aromatic rings. The molecule has 1 aromatic carbocycles. The fraction of sp³-hybridized carbons (Fsp3) is 0.409. The highest BCUT2D eigenvalue weighted by molar-refractivity contribution is 7.89. The van der Waals surface area contributed by atoms with Crippen molar-refractivity contribution in [3.63, 3.8) is 0 Å². The van der Waals surface area contributed by atoms with Gasteiger partial charge in [0.25, 0.3) is 0 Å². The van der Waals surface area contributed by atoms with Gasteiger partial charge in [-0.05, 0) is 55.7 Å². The van der Waals surface area contributed by atoms with Crippen LogP contribution in [0.1, 0.15) is 31.4 Å². The van der Waals surface area contributed by atoms with Crippen LogP contribution in [0.2, 0.25) is 5.02 Å². The van der Waals surface area contributed by atoms with E-state index in [4.69, 9.17) is 11.6 Å². The molecule has 0 amide bonds. The molecule has 1 aromatic heterocycles. The zero-order valence-electron chi connectivity index (χ0n) is 17.5. The molecule has 1 saturated heterocycles. The molecule has 2 heterocycles. The Hall–Kier alpha value is -2.13. The number of hydrogen-bond acceptors (Lipinski definition) is 5. The lowest BCUT2D eigenvalue weighted by atomic mass is 10.1. The maximum absolute atomic E-state index is 12.8. The smallest absolute Gasteiger partial charge is 0.305 e. The summed E-state index contributed by atoms with van der Waals surface area (Å²) in [4.78, 5) is 16.9. The van der Waals surface area contributed by atoms with Crippen molar-refractivity contribution in [1.82, 2.24) is 14.6 Å². The van der Waals surface area contributed by atoms with Gasteiger partial charge in [0.2, 0.25) is 10.0 Å². The van der Waals surface area contributed by atoms with Crippen molar-refractivity contribution in [2.24, 2.45) is 0 Å². The van der Waals surface area contributed by atoms with E-state index in [1.165, 1.54) is 19.2 Å². The van der Waals surface area contributed by atoms with Gasteiger partial charge in [0.1, 0.15) is 0 Å². The number of nitrogens with one attached hydrogen (secondary N) is 2. The minimum absolute atomic E-state index is 0.0966. The summed E-state index contributed by atoms with van der Waals surface area (Å²) < 4.78 is 33.1. The highest BCUT2D eigenvalue weighted by atomic mass is 35.5. The summed E-state index contributed by atoms with van der Waals surface area (Å²) in [6.07, 6.45) is 8.59. The van der Waals surface area contributed by atoms with Gasteiger partial charge in [-0.3, -0.25) is 9.69 Å². The highest BCUT2D eigenvalue weighted by Gasteiger charge is 2.33. The van der Waals surface area contributed by atoms with Crippen LogP contribution >= 0.6 is 11.6 Å². The van der Waals surface area contributed by atoms with Crippen molar-refractivity contribution < 1.29 is 17.9 Å². The fourth-order valence-corrected chi connectivity index (χ4v) is 5.07. The lowest BCUT2D eigenvalue weighted by molar-refractivity contribution is -0.140. The van der Waals surface area contributed by atoms with Crippen molar-refractivity contribution in [3.05, 3.63) is 65.5 Å². The van der Waals surface area contributed by atoms with Crippen molar-refractivity contribution in [2.45, 2.75) is 49.2 Å². The summed E-state index contributed by atoms with van der Waals surface area (Å²) in [5, 5.41) is 0.495. The van der Waals surface area contributed by atoms with Crippen molar-refractivity contribution in [3.8, 4) is 0 Å². The van der Waals surface area contributed by atoms with Crippen LogP contribution in [0.3, 0.4) is 0 Å². The third kappa shape index (κ3) is 6.93. The van der Waals surface area contributed by atoms with Crippen LogP contribution < -0.4 is 4.72 Å². The van der Waals surface area contributed by atoms with Gasteiger partial charge in [-0.25, -0.2) is 13.1 Å². The second-order valence-electron chi connectivity index (χ2n) is 7.60. The van der Waals surface area contributed by atoms with Crippen molar-refractivity contribution in [1.29, 1.82) is 0 Å². The first-order valence-corrected chi connectivity index (χ1v) is 12.1. The van der Waals surface area contributed by atoms with Crippen molar-refractivity contribution >= 4 is 27.6 Å². The normalized spacial score (nSPS) is 19.8. The number of unbranched alkanes of at least 4 members (excludes halogenated alkanes) is 1. The lowest BCUT2D eigenvalue weighted by Gasteiger charge is -2.21. The van der Waals surface area contributed by atoms with E-state index in [1.807, 2.05) is 18.3 Å².